The van der Waals surface area contributed by atoms with Crippen molar-refractivity contribution < 1.29 is 9.47 Å². The van der Waals surface area contributed by atoms with Crippen LogP contribution in [0.5, 0.6) is 5.75 Å². The number of aliphatic imine (C=N–C) groups is 1. The summed E-state index contributed by atoms with van der Waals surface area (Å²) in [4.78, 5) is 4.77. The lowest BCUT2D eigenvalue weighted by molar-refractivity contribution is 0.172. The topological polar surface area (TPSA) is 72.7 Å². The number of aromatic nitrogens is 2. The van der Waals surface area contributed by atoms with Gasteiger partial charge >= 0.3 is 0 Å². The zero-order chi connectivity index (χ0) is 21.9. The van der Waals surface area contributed by atoms with Crippen LogP contribution >= 0.6 is 0 Å². The minimum absolute atomic E-state index is 0.547. The van der Waals surface area contributed by atoms with Crippen LogP contribution in [-0.4, -0.2) is 42.6 Å². The lowest BCUT2D eigenvalue weighted by atomic mass is 10.1. The fraction of sp³-hybridized carbons (Fsp3) is 0.583. The smallest absolute Gasteiger partial charge is 0.191 e. The van der Waals surface area contributed by atoms with Crippen molar-refractivity contribution in [2.24, 2.45) is 4.99 Å². The molecule has 3 rings (SSSR count). The van der Waals surface area contributed by atoms with Gasteiger partial charge in [0.1, 0.15) is 5.75 Å². The van der Waals surface area contributed by atoms with Gasteiger partial charge in [-0.3, -0.25) is 4.68 Å². The Hall–Kier alpha value is -2.54. The summed E-state index contributed by atoms with van der Waals surface area (Å²) >= 11 is 0. The molecule has 7 heteroatoms. The van der Waals surface area contributed by atoms with Crippen molar-refractivity contribution in [3.05, 3.63) is 47.3 Å². The average Bonchev–Trinajstić information content (AvgIpc) is 3.46. The van der Waals surface area contributed by atoms with Gasteiger partial charge in [-0.25, -0.2) is 4.99 Å². The van der Waals surface area contributed by atoms with E-state index in [1.807, 2.05) is 0 Å². The summed E-state index contributed by atoms with van der Waals surface area (Å²) in [5.74, 6) is 1.68. The maximum absolute atomic E-state index is 5.99. The van der Waals surface area contributed by atoms with Crippen LogP contribution in [-0.2, 0) is 17.8 Å². The molecule has 1 heterocycles. The highest BCUT2D eigenvalue weighted by molar-refractivity contribution is 5.79. The second kappa shape index (κ2) is 12.3. The second-order valence-electron chi connectivity index (χ2n) is 8.08. The number of nitrogens with one attached hydrogen (secondary N) is 2. The van der Waals surface area contributed by atoms with Gasteiger partial charge in [0.05, 0.1) is 31.4 Å². The summed E-state index contributed by atoms with van der Waals surface area (Å²) in [5.41, 5.74) is 3.29. The number of hydrogen-bond acceptors (Lipinski definition) is 4. The molecule has 0 atom stereocenters. The molecule has 7 nitrogen and oxygen atoms in total. The van der Waals surface area contributed by atoms with E-state index >= 15 is 0 Å². The molecule has 1 saturated carbocycles. The van der Waals surface area contributed by atoms with Crippen molar-refractivity contribution in [2.45, 2.75) is 65.1 Å². The van der Waals surface area contributed by atoms with E-state index in [1.165, 1.54) is 31.2 Å². The first kappa shape index (κ1) is 23.1. The monoisotopic (exact) mass is 427 g/mol. The molecule has 0 aliphatic heterocycles. The number of rotatable bonds is 11. The van der Waals surface area contributed by atoms with E-state index in [2.05, 4.69) is 59.6 Å². The Kier molecular flexibility index (Phi) is 9.21. The molecule has 1 aliphatic carbocycles. The van der Waals surface area contributed by atoms with Crippen molar-refractivity contribution in [1.29, 1.82) is 0 Å². The summed E-state index contributed by atoms with van der Waals surface area (Å²) in [5, 5.41) is 11.5. The van der Waals surface area contributed by atoms with Crippen LogP contribution in [0.4, 0.5) is 0 Å². The molecular weight excluding hydrogens is 390 g/mol. The minimum atomic E-state index is 0.547. The number of ether oxygens (including phenoxy) is 2. The lowest BCUT2D eigenvalue weighted by Crippen LogP contribution is -2.37. The van der Waals surface area contributed by atoms with Gasteiger partial charge in [0.25, 0.3) is 0 Å². The van der Waals surface area contributed by atoms with Crippen molar-refractivity contribution in [2.75, 3.05) is 26.9 Å². The number of hydrogen-bond donors (Lipinski definition) is 2. The van der Waals surface area contributed by atoms with Gasteiger partial charge in [0.15, 0.2) is 5.96 Å². The first-order valence-electron chi connectivity index (χ1n) is 11.5. The van der Waals surface area contributed by atoms with Gasteiger partial charge in [-0.2, -0.15) is 5.10 Å². The van der Waals surface area contributed by atoms with Gasteiger partial charge < -0.3 is 20.1 Å². The Labute approximate surface area is 186 Å². The van der Waals surface area contributed by atoms with Gasteiger partial charge in [0, 0.05) is 38.4 Å². The first-order chi connectivity index (χ1) is 15.2. The van der Waals surface area contributed by atoms with Crippen molar-refractivity contribution in [3.63, 3.8) is 0 Å². The summed E-state index contributed by atoms with van der Waals surface area (Å²) in [6, 6.07) is 8.94. The van der Waals surface area contributed by atoms with E-state index in [9.17, 15) is 0 Å². The van der Waals surface area contributed by atoms with E-state index in [0.29, 0.717) is 32.3 Å². The molecule has 1 fully saturated rings. The SMILES string of the molecule is CCNC(=NCc1ccc(C)cc1OCCCOC)NCc1ccn(C2CCCC2)n1. The Balaban J connectivity index is 1.59. The van der Waals surface area contributed by atoms with Crippen LogP contribution in [0.3, 0.4) is 0 Å². The molecule has 1 aliphatic rings. The highest BCUT2D eigenvalue weighted by Gasteiger charge is 2.17. The number of methoxy groups -OCH3 is 1. The second-order valence-corrected chi connectivity index (χ2v) is 8.08. The Morgan fingerprint density at radius 1 is 1.19 bits per heavy atom. The fourth-order valence-corrected chi connectivity index (χ4v) is 3.84. The third kappa shape index (κ3) is 7.28. The van der Waals surface area contributed by atoms with E-state index < -0.39 is 0 Å². The predicted molar refractivity (Wildman–Crippen MR) is 125 cm³/mol. The summed E-state index contributed by atoms with van der Waals surface area (Å²) in [7, 11) is 1.71. The molecule has 1 aromatic carbocycles. The molecule has 0 spiro atoms. The van der Waals surface area contributed by atoms with Crippen molar-refractivity contribution in [3.8, 4) is 5.75 Å². The molecule has 0 saturated heterocycles. The van der Waals surface area contributed by atoms with Crippen LogP contribution in [0, 0.1) is 6.92 Å². The van der Waals surface area contributed by atoms with E-state index in [4.69, 9.17) is 19.6 Å². The van der Waals surface area contributed by atoms with E-state index in [1.54, 1.807) is 7.11 Å². The van der Waals surface area contributed by atoms with Crippen LogP contribution in [0.15, 0.2) is 35.5 Å². The minimum Gasteiger partial charge on any atom is -0.493 e. The van der Waals surface area contributed by atoms with Crippen molar-refractivity contribution >= 4 is 5.96 Å². The number of benzene rings is 1. The standard InChI is InChI=1S/C24H37N5O2/c1-4-25-24(27-18-21-12-13-29(28-21)22-8-5-6-9-22)26-17-20-11-10-19(2)16-23(20)31-15-7-14-30-3/h10-13,16,22H,4-9,14-15,17-18H2,1-3H3,(H2,25,26,27). The summed E-state index contributed by atoms with van der Waals surface area (Å²) in [6.45, 7) is 7.48. The van der Waals surface area contributed by atoms with Gasteiger partial charge in [0.2, 0.25) is 0 Å². The average molecular weight is 428 g/mol. The number of nitrogens with zero attached hydrogens (tertiary/aromatic N) is 3. The quantitative estimate of drug-likeness (QED) is 0.322. The molecule has 0 unspecified atom stereocenters. The van der Waals surface area contributed by atoms with Gasteiger partial charge in [-0.1, -0.05) is 25.0 Å². The number of guanidine groups is 1. The van der Waals surface area contributed by atoms with Crippen LogP contribution in [0.2, 0.25) is 0 Å². The normalized spacial score (nSPS) is 14.7. The zero-order valence-electron chi connectivity index (χ0n) is 19.2. The highest BCUT2D eigenvalue weighted by atomic mass is 16.5. The van der Waals surface area contributed by atoms with Crippen LogP contribution < -0.4 is 15.4 Å². The van der Waals surface area contributed by atoms with E-state index in [0.717, 1.165) is 35.9 Å². The highest BCUT2D eigenvalue weighted by Crippen LogP contribution is 2.28. The third-order valence-electron chi connectivity index (χ3n) is 5.52. The summed E-state index contributed by atoms with van der Waals surface area (Å²) in [6.07, 6.45) is 8.08. The molecule has 0 bridgehead atoms. The predicted octanol–water partition coefficient (Wildman–Crippen LogP) is 3.98. The molecular formula is C24H37N5O2. The van der Waals surface area contributed by atoms with Crippen molar-refractivity contribution in [1.82, 2.24) is 20.4 Å². The number of aryl methyl sites for hydroxylation is 1. The Morgan fingerprint density at radius 2 is 2.03 bits per heavy atom. The van der Waals surface area contributed by atoms with Crippen LogP contribution in [0.25, 0.3) is 0 Å². The maximum atomic E-state index is 5.99. The van der Waals surface area contributed by atoms with Crippen LogP contribution in [0.1, 0.15) is 61.9 Å². The zero-order valence-corrected chi connectivity index (χ0v) is 19.2. The molecule has 2 N–H and O–H groups in total. The molecule has 170 valence electrons. The van der Waals surface area contributed by atoms with E-state index in [-0.39, 0.29) is 0 Å². The maximum Gasteiger partial charge on any atom is 0.191 e. The Morgan fingerprint density at radius 3 is 2.81 bits per heavy atom. The lowest BCUT2D eigenvalue weighted by Gasteiger charge is -2.13. The van der Waals surface area contributed by atoms with Gasteiger partial charge in [-0.15, -0.1) is 0 Å². The van der Waals surface area contributed by atoms with Gasteiger partial charge in [-0.05, 0) is 44.4 Å². The molecule has 0 radical (unpaired) electrons. The first-order valence-corrected chi connectivity index (χ1v) is 11.5. The summed E-state index contributed by atoms with van der Waals surface area (Å²) < 4.78 is 13.2. The molecule has 2 aromatic rings. The largest absolute Gasteiger partial charge is 0.493 e. The fourth-order valence-electron chi connectivity index (χ4n) is 3.84. The molecule has 1 aromatic heterocycles. The molecule has 0 amide bonds. The Bertz CT molecular complexity index is 827. The molecule has 31 heavy (non-hydrogen) atoms. The third-order valence-corrected chi connectivity index (χ3v) is 5.52.